The van der Waals surface area contributed by atoms with E-state index in [0.717, 1.165) is 38.5 Å². The van der Waals surface area contributed by atoms with Gasteiger partial charge in [-0.2, -0.15) is 0 Å². The molecule has 0 aromatic heterocycles. The Balaban J connectivity index is 2.45. The molecular formula is C52H103NO8. The zero-order valence-corrected chi connectivity index (χ0v) is 41.2. The Bertz CT molecular complexity index is 1050. The zero-order valence-electron chi connectivity index (χ0n) is 41.2. The fraction of sp³-hybridized carbons (Fsp3) is 0.981. The second kappa shape index (κ2) is 33.6. The predicted octanol–water partition coefficient (Wildman–Crippen LogP) is 12.3. The predicted molar refractivity (Wildman–Crippen MR) is 254 cm³/mol. The van der Waals surface area contributed by atoms with Gasteiger partial charge in [0.15, 0.2) is 5.79 Å². The topological polar surface area (TPSA) is 149 Å². The van der Waals surface area contributed by atoms with Crippen molar-refractivity contribution in [1.29, 1.82) is 0 Å². The minimum atomic E-state index is -2.04. The van der Waals surface area contributed by atoms with Crippen LogP contribution in [0.5, 0.6) is 0 Å². The Morgan fingerprint density at radius 2 is 0.869 bits per heavy atom. The highest BCUT2D eigenvalue weighted by atomic mass is 16.7. The summed E-state index contributed by atoms with van der Waals surface area (Å²) >= 11 is 0. The summed E-state index contributed by atoms with van der Waals surface area (Å²) in [5, 5.41) is 58.9. The van der Waals surface area contributed by atoms with Gasteiger partial charge in [0.1, 0.15) is 23.4 Å². The highest BCUT2D eigenvalue weighted by Crippen LogP contribution is 2.48. The van der Waals surface area contributed by atoms with Crippen molar-refractivity contribution < 1.29 is 39.8 Å². The van der Waals surface area contributed by atoms with E-state index in [1.54, 1.807) is 13.8 Å². The number of nitrogens with one attached hydrogen (secondary N) is 1. The van der Waals surface area contributed by atoms with Crippen molar-refractivity contribution in [2.75, 3.05) is 6.61 Å². The number of carbonyl (C=O) groups is 1. The minimum Gasteiger partial charge on any atom is -0.390 e. The SMILES string of the molecule is CCCCCCCCCCCCCCCCCCCCCCCC(=O)N[C@@H](CO[C@]1(C)OC(C)(C)[C@@](C)(O)[C@@H](O)C1(C)O)[C@H](O)[C@H](O)CCCCCCCCCCCCCC. The summed E-state index contributed by atoms with van der Waals surface area (Å²) in [7, 11) is 0. The van der Waals surface area contributed by atoms with Gasteiger partial charge in [0.25, 0.3) is 0 Å². The number of unbranched alkanes of at least 4 members (excludes halogenated alkanes) is 31. The van der Waals surface area contributed by atoms with E-state index in [2.05, 4.69) is 19.2 Å². The molecule has 1 amide bonds. The molecule has 0 spiro atoms. The first-order valence-corrected chi connectivity index (χ1v) is 26.2. The van der Waals surface area contributed by atoms with Gasteiger partial charge in [-0.25, -0.2) is 0 Å². The molecule has 364 valence electrons. The standard InChI is InChI=1S/C52H103NO8/c1-8-10-12-14-16-18-20-22-23-24-25-26-27-28-29-30-32-34-36-38-40-42-46(55)53-44(43-60-52(7)51(6,59)48(57)50(5,58)49(3,4)61-52)47(56)45(54)41-39-37-35-33-31-21-19-17-15-13-11-9-2/h44-45,47-48,54,56-59H,8-43H2,1-7H3,(H,53,55)/t44-,45+,47-,48+,50-,51?,52+/m0/s1. The lowest BCUT2D eigenvalue weighted by Gasteiger charge is -2.60. The first kappa shape index (κ1) is 58.2. The fourth-order valence-corrected chi connectivity index (χ4v) is 9.10. The third kappa shape index (κ3) is 23.8. The average Bonchev–Trinajstić information content (AvgIpc) is 3.21. The molecule has 1 heterocycles. The Morgan fingerprint density at radius 3 is 1.23 bits per heavy atom. The van der Waals surface area contributed by atoms with E-state index in [4.69, 9.17) is 9.47 Å². The van der Waals surface area contributed by atoms with Crippen molar-refractivity contribution in [3.8, 4) is 0 Å². The molecule has 1 fully saturated rings. The quantitative estimate of drug-likeness (QED) is 0.0333. The van der Waals surface area contributed by atoms with Gasteiger partial charge in [-0.1, -0.05) is 219 Å². The molecule has 6 N–H and O–H groups in total. The molecule has 0 aliphatic carbocycles. The van der Waals surface area contributed by atoms with Gasteiger partial charge in [0.2, 0.25) is 5.91 Å². The van der Waals surface area contributed by atoms with Crippen molar-refractivity contribution >= 4 is 5.91 Å². The summed E-state index contributed by atoms with van der Waals surface area (Å²) < 4.78 is 12.3. The van der Waals surface area contributed by atoms with E-state index < -0.39 is 46.9 Å². The lowest BCUT2D eigenvalue weighted by molar-refractivity contribution is -0.428. The average molecular weight is 870 g/mol. The lowest BCUT2D eigenvalue weighted by atomic mass is 9.70. The van der Waals surface area contributed by atoms with Crippen LogP contribution < -0.4 is 5.32 Å². The first-order chi connectivity index (χ1) is 29.1. The van der Waals surface area contributed by atoms with Gasteiger partial charge in [-0.05, 0) is 47.5 Å². The van der Waals surface area contributed by atoms with E-state index >= 15 is 0 Å². The van der Waals surface area contributed by atoms with Crippen LogP contribution in [0, 0.1) is 0 Å². The van der Waals surface area contributed by atoms with Crippen LogP contribution in [-0.4, -0.2) is 85.0 Å². The van der Waals surface area contributed by atoms with E-state index in [1.807, 2.05) is 0 Å². The van der Waals surface area contributed by atoms with Crippen LogP contribution in [0.1, 0.15) is 273 Å². The maximum atomic E-state index is 13.2. The second-order valence-corrected chi connectivity index (χ2v) is 20.3. The number of aliphatic hydroxyl groups is 5. The summed E-state index contributed by atoms with van der Waals surface area (Å²) in [4.78, 5) is 13.2. The molecule has 7 atom stereocenters. The third-order valence-corrected chi connectivity index (χ3v) is 14.2. The number of hydrogen-bond donors (Lipinski definition) is 6. The highest BCUT2D eigenvalue weighted by molar-refractivity contribution is 5.76. The zero-order chi connectivity index (χ0) is 45.5. The summed E-state index contributed by atoms with van der Waals surface area (Å²) in [6.07, 6.45) is 38.4. The van der Waals surface area contributed by atoms with Crippen LogP contribution in [0.2, 0.25) is 0 Å². The largest absolute Gasteiger partial charge is 0.390 e. The first-order valence-electron chi connectivity index (χ1n) is 26.2. The molecule has 1 saturated heterocycles. The maximum Gasteiger partial charge on any atom is 0.220 e. The van der Waals surface area contributed by atoms with Crippen molar-refractivity contribution in [2.45, 2.75) is 320 Å². The van der Waals surface area contributed by atoms with Gasteiger partial charge >= 0.3 is 0 Å². The molecule has 9 heteroatoms. The minimum absolute atomic E-state index is 0.229. The fourth-order valence-electron chi connectivity index (χ4n) is 9.10. The molecule has 0 aromatic rings. The lowest BCUT2D eigenvalue weighted by Crippen LogP contribution is -2.78. The van der Waals surface area contributed by atoms with Crippen LogP contribution in [-0.2, 0) is 14.3 Å². The van der Waals surface area contributed by atoms with E-state index in [0.29, 0.717) is 12.8 Å². The summed E-state index contributed by atoms with van der Waals surface area (Å²) in [6.45, 7) is 11.7. The van der Waals surface area contributed by atoms with Crippen LogP contribution in [0.3, 0.4) is 0 Å². The van der Waals surface area contributed by atoms with Crippen molar-refractivity contribution in [1.82, 2.24) is 5.32 Å². The van der Waals surface area contributed by atoms with E-state index in [1.165, 1.54) is 194 Å². The van der Waals surface area contributed by atoms with Gasteiger partial charge < -0.3 is 40.3 Å². The Labute approximate surface area is 376 Å². The Kier molecular flexibility index (Phi) is 32.1. The molecule has 0 aromatic carbocycles. The molecule has 1 unspecified atom stereocenters. The van der Waals surface area contributed by atoms with Crippen molar-refractivity contribution in [3.63, 3.8) is 0 Å². The number of hydrogen-bond acceptors (Lipinski definition) is 8. The van der Waals surface area contributed by atoms with Gasteiger partial charge in [0, 0.05) is 6.42 Å². The van der Waals surface area contributed by atoms with Crippen molar-refractivity contribution in [3.05, 3.63) is 0 Å². The number of carbonyl (C=O) groups excluding carboxylic acids is 1. The maximum absolute atomic E-state index is 13.2. The highest BCUT2D eigenvalue weighted by Gasteiger charge is 2.67. The van der Waals surface area contributed by atoms with E-state index in [9.17, 15) is 30.3 Å². The molecule has 0 saturated carbocycles. The monoisotopic (exact) mass is 870 g/mol. The number of ether oxygens (including phenoxy) is 2. The van der Waals surface area contributed by atoms with Crippen molar-refractivity contribution in [2.24, 2.45) is 0 Å². The number of amides is 1. The van der Waals surface area contributed by atoms with Gasteiger partial charge in [-0.3, -0.25) is 4.79 Å². The molecule has 1 aliphatic rings. The van der Waals surface area contributed by atoms with Crippen LogP contribution in [0.4, 0.5) is 0 Å². The van der Waals surface area contributed by atoms with Crippen LogP contribution in [0.25, 0.3) is 0 Å². The molecule has 1 aliphatic heterocycles. The Hall–Kier alpha value is -0.810. The second-order valence-electron chi connectivity index (χ2n) is 20.3. The third-order valence-electron chi connectivity index (χ3n) is 14.2. The summed E-state index contributed by atoms with van der Waals surface area (Å²) in [5.74, 6) is -2.03. The smallest absolute Gasteiger partial charge is 0.220 e. The molecular weight excluding hydrogens is 767 g/mol. The molecule has 1 rings (SSSR count). The summed E-state index contributed by atoms with van der Waals surface area (Å²) in [5.41, 5.74) is -5.13. The van der Waals surface area contributed by atoms with E-state index in [-0.39, 0.29) is 12.5 Å². The molecule has 0 bridgehead atoms. The molecule has 61 heavy (non-hydrogen) atoms. The number of aliphatic hydroxyl groups excluding tert-OH is 3. The normalized spacial score (nSPS) is 24.2. The molecule has 0 radical (unpaired) electrons. The molecule has 9 nitrogen and oxygen atoms in total. The van der Waals surface area contributed by atoms with Gasteiger partial charge in [-0.15, -0.1) is 0 Å². The van der Waals surface area contributed by atoms with Gasteiger partial charge in [0.05, 0.1) is 24.4 Å². The van der Waals surface area contributed by atoms with Crippen LogP contribution >= 0.6 is 0 Å². The Morgan fingerprint density at radius 1 is 0.541 bits per heavy atom. The number of rotatable bonds is 41. The summed E-state index contributed by atoms with van der Waals surface area (Å²) in [6, 6.07) is -0.978. The van der Waals surface area contributed by atoms with Crippen LogP contribution in [0.15, 0.2) is 0 Å².